The fraction of sp³-hybridized carbons (Fsp3) is 1.00. The van der Waals surface area contributed by atoms with Gasteiger partial charge in [-0.2, -0.15) is 16.8 Å². The lowest BCUT2D eigenvalue weighted by Gasteiger charge is -1.99. The Labute approximate surface area is 77.1 Å². The standard InChI is InChI=1S/C5H10O6S2/c1-12(6,7)10-4-3-5(4)11-13(2,8)9/h4-5H,3H2,1-2H3/t4-,5+. The van der Waals surface area contributed by atoms with Gasteiger partial charge >= 0.3 is 0 Å². The topological polar surface area (TPSA) is 86.7 Å². The molecule has 1 aliphatic carbocycles. The summed E-state index contributed by atoms with van der Waals surface area (Å²) < 4.78 is 51.2. The van der Waals surface area contributed by atoms with Crippen LogP contribution in [0, 0.1) is 0 Å². The zero-order valence-corrected chi connectivity index (χ0v) is 8.76. The van der Waals surface area contributed by atoms with E-state index in [9.17, 15) is 16.8 Å². The van der Waals surface area contributed by atoms with Gasteiger partial charge in [0.25, 0.3) is 20.2 Å². The van der Waals surface area contributed by atoms with Crippen LogP contribution in [-0.4, -0.2) is 41.6 Å². The second-order valence-corrected chi connectivity index (χ2v) is 6.11. The maximum Gasteiger partial charge on any atom is 0.264 e. The first kappa shape index (κ1) is 10.9. The van der Waals surface area contributed by atoms with E-state index in [4.69, 9.17) is 0 Å². The van der Waals surface area contributed by atoms with Crippen molar-refractivity contribution in [3.05, 3.63) is 0 Å². The van der Waals surface area contributed by atoms with Crippen LogP contribution in [0.25, 0.3) is 0 Å². The molecule has 0 aromatic heterocycles. The number of hydrogen-bond donors (Lipinski definition) is 0. The Hall–Kier alpha value is -0.180. The predicted octanol–water partition coefficient (Wildman–Crippen LogP) is -0.920. The van der Waals surface area contributed by atoms with Gasteiger partial charge in [0.1, 0.15) is 12.2 Å². The van der Waals surface area contributed by atoms with Crippen LogP contribution in [0.1, 0.15) is 6.42 Å². The predicted molar refractivity (Wildman–Crippen MR) is 44.1 cm³/mol. The van der Waals surface area contributed by atoms with E-state index in [2.05, 4.69) is 8.37 Å². The molecule has 0 heterocycles. The van der Waals surface area contributed by atoms with E-state index in [1.807, 2.05) is 0 Å². The van der Waals surface area contributed by atoms with Crippen LogP contribution in [0.4, 0.5) is 0 Å². The molecule has 0 aromatic carbocycles. The maximum absolute atomic E-state index is 10.6. The number of hydrogen-bond acceptors (Lipinski definition) is 6. The number of rotatable bonds is 4. The Bertz CT molecular complexity index is 341. The smallest absolute Gasteiger partial charge is 0.264 e. The van der Waals surface area contributed by atoms with Gasteiger partial charge in [0, 0.05) is 6.42 Å². The molecule has 2 atom stereocenters. The van der Waals surface area contributed by atoms with E-state index in [0.29, 0.717) is 6.42 Å². The third-order valence-electron chi connectivity index (χ3n) is 1.27. The molecule has 0 unspecified atom stereocenters. The van der Waals surface area contributed by atoms with Crippen molar-refractivity contribution in [1.82, 2.24) is 0 Å². The SMILES string of the molecule is CS(=O)(=O)O[C@H]1C[C@H]1OS(C)(=O)=O. The van der Waals surface area contributed by atoms with Crippen molar-refractivity contribution in [2.45, 2.75) is 18.6 Å². The summed E-state index contributed by atoms with van der Waals surface area (Å²) in [6, 6.07) is 0. The van der Waals surface area contributed by atoms with Crippen LogP contribution in [-0.2, 0) is 28.6 Å². The van der Waals surface area contributed by atoms with Crippen molar-refractivity contribution in [3.63, 3.8) is 0 Å². The Kier molecular flexibility index (Phi) is 2.68. The minimum atomic E-state index is -3.52. The summed E-state index contributed by atoms with van der Waals surface area (Å²) in [6.07, 6.45) is 0.806. The highest BCUT2D eigenvalue weighted by Crippen LogP contribution is 2.31. The summed E-state index contributed by atoms with van der Waals surface area (Å²) in [4.78, 5) is 0. The molecule has 78 valence electrons. The summed E-state index contributed by atoms with van der Waals surface area (Å²) in [5, 5.41) is 0. The van der Waals surface area contributed by atoms with E-state index in [0.717, 1.165) is 12.5 Å². The van der Waals surface area contributed by atoms with Crippen molar-refractivity contribution in [1.29, 1.82) is 0 Å². The average molecular weight is 230 g/mol. The lowest BCUT2D eigenvalue weighted by molar-refractivity contribution is 0.221. The average Bonchev–Trinajstić information content (AvgIpc) is 2.36. The van der Waals surface area contributed by atoms with Crippen LogP contribution >= 0.6 is 0 Å². The molecule has 0 aromatic rings. The van der Waals surface area contributed by atoms with Gasteiger partial charge < -0.3 is 0 Å². The second kappa shape index (κ2) is 3.19. The molecule has 0 aliphatic heterocycles. The molecule has 1 rings (SSSR count). The Morgan fingerprint density at radius 2 is 1.23 bits per heavy atom. The van der Waals surface area contributed by atoms with Crippen molar-refractivity contribution in [2.24, 2.45) is 0 Å². The molecular formula is C5H10O6S2. The van der Waals surface area contributed by atoms with Crippen LogP contribution < -0.4 is 0 Å². The monoisotopic (exact) mass is 230 g/mol. The minimum absolute atomic E-state index is 0.292. The van der Waals surface area contributed by atoms with Gasteiger partial charge in [-0.05, 0) is 0 Å². The van der Waals surface area contributed by atoms with Gasteiger partial charge in [0.15, 0.2) is 0 Å². The lowest BCUT2D eigenvalue weighted by atomic mass is 10.8. The van der Waals surface area contributed by atoms with Crippen LogP contribution in [0.5, 0.6) is 0 Å². The highest BCUT2D eigenvalue weighted by atomic mass is 32.2. The molecule has 0 spiro atoms. The van der Waals surface area contributed by atoms with Gasteiger partial charge in [0.2, 0.25) is 0 Å². The zero-order valence-electron chi connectivity index (χ0n) is 7.13. The first-order valence-electron chi connectivity index (χ1n) is 3.44. The van der Waals surface area contributed by atoms with Gasteiger partial charge in [-0.3, -0.25) is 8.37 Å². The minimum Gasteiger partial charge on any atom is -0.264 e. The van der Waals surface area contributed by atoms with E-state index in [-0.39, 0.29) is 0 Å². The van der Waals surface area contributed by atoms with Gasteiger partial charge in [-0.15, -0.1) is 0 Å². The molecule has 0 bridgehead atoms. The molecule has 0 amide bonds. The lowest BCUT2D eigenvalue weighted by Crippen LogP contribution is -2.12. The Morgan fingerprint density at radius 1 is 0.923 bits per heavy atom. The zero-order chi connectivity index (χ0) is 10.3. The molecule has 13 heavy (non-hydrogen) atoms. The molecule has 0 N–H and O–H groups in total. The van der Waals surface area contributed by atoms with E-state index in [1.54, 1.807) is 0 Å². The van der Waals surface area contributed by atoms with Gasteiger partial charge in [0.05, 0.1) is 12.5 Å². The third kappa shape index (κ3) is 4.55. The molecule has 1 saturated carbocycles. The van der Waals surface area contributed by atoms with Crippen LogP contribution in [0.15, 0.2) is 0 Å². The van der Waals surface area contributed by atoms with Crippen molar-refractivity contribution in [2.75, 3.05) is 12.5 Å². The van der Waals surface area contributed by atoms with E-state index >= 15 is 0 Å². The molecular weight excluding hydrogens is 220 g/mol. The maximum atomic E-state index is 10.6. The summed E-state index contributed by atoms with van der Waals surface area (Å²) >= 11 is 0. The third-order valence-corrected chi connectivity index (χ3v) is 2.47. The first-order valence-corrected chi connectivity index (χ1v) is 7.07. The summed E-state index contributed by atoms with van der Waals surface area (Å²) in [5.74, 6) is 0. The molecule has 1 fully saturated rings. The van der Waals surface area contributed by atoms with Gasteiger partial charge in [-0.25, -0.2) is 0 Å². The summed E-state index contributed by atoms with van der Waals surface area (Å²) in [5.41, 5.74) is 0. The van der Waals surface area contributed by atoms with Crippen LogP contribution in [0.3, 0.4) is 0 Å². The fourth-order valence-corrected chi connectivity index (χ4v) is 2.10. The second-order valence-electron chi connectivity index (χ2n) is 2.91. The van der Waals surface area contributed by atoms with Crippen molar-refractivity contribution >= 4 is 20.2 Å². The van der Waals surface area contributed by atoms with Crippen molar-refractivity contribution < 1.29 is 25.2 Å². The molecule has 6 nitrogen and oxygen atoms in total. The summed E-state index contributed by atoms with van der Waals surface area (Å²) in [6.45, 7) is 0. The molecule has 8 heteroatoms. The van der Waals surface area contributed by atoms with E-state index in [1.165, 1.54) is 0 Å². The van der Waals surface area contributed by atoms with Gasteiger partial charge in [-0.1, -0.05) is 0 Å². The largest absolute Gasteiger partial charge is 0.264 e. The highest BCUT2D eigenvalue weighted by Gasteiger charge is 2.44. The molecule has 1 aliphatic rings. The normalized spacial score (nSPS) is 28.8. The molecule has 0 saturated heterocycles. The first-order chi connectivity index (χ1) is 5.67. The Balaban J connectivity index is 2.41. The van der Waals surface area contributed by atoms with Crippen molar-refractivity contribution in [3.8, 4) is 0 Å². The highest BCUT2D eigenvalue weighted by molar-refractivity contribution is 7.86. The molecule has 0 radical (unpaired) electrons. The summed E-state index contributed by atoms with van der Waals surface area (Å²) in [7, 11) is -7.05. The van der Waals surface area contributed by atoms with E-state index < -0.39 is 32.4 Å². The Morgan fingerprint density at radius 3 is 1.46 bits per heavy atom. The van der Waals surface area contributed by atoms with Crippen LogP contribution in [0.2, 0.25) is 0 Å². The quantitative estimate of drug-likeness (QED) is 0.580. The fourth-order valence-electron chi connectivity index (χ4n) is 0.802.